The number of carbonyl (C=O) groups excluding carboxylic acids is 2. The number of aromatic nitrogens is 1. The predicted molar refractivity (Wildman–Crippen MR) is 141 cm³/mol. The molecule has 194 valence electrons. The summed E-state index contributed by atoms with van der Waals surface area (Å²) in [6.45, 7) is 5.00. The van der Waals surface area contributed by atoms with Gasteiger partial charge in [-0.25, -0.2) is 5.48 Å². The molecular weight excluding hydrogens is 470 g/mol. The number of nitrogens with zero attached hydrogens (tertiary/aromatic N) is 4. The number of ether oxygens (including phenoxy) is 1. The Morgan fingerprint density at radius 1 is 1.03 bits per heavy atom. The third-order valence-electron chi connectivity index (χ3n) is 7.38. The average Bonchev–Trinajstić information content (AvgIpc) is 2.92. The standard InChI is InChI=1S/C28H33N5O4/c1-19-16-25(22-10-6-7-11-24(22)29-19)37-21-17-23(27(34)30-36)26(31(2)18-21)28(35)33-14-12-32(13-15-33)20-8-4-3-5-9-20/h3-11,16,21,23,26,36H,12-15,17-18H2,1-2H3,(H,30,34). The molecule has 0 radical (unpaired) electrons. The molecule has 2 aromatic carbocycles. The Hall–Kier alpha value is -3.69. The number of pyridine rings is 1. The maximum atomic E-state index is 13.7. The first-order valence-electron chi connectivity index (χ1n) is 12.7. The van der Waals surface area contributed by atoms with E-state index in [0.717, 1.165) is 35.4 Å². The third-order valence-corrected chi connectivity index (χ3v) is 7.38. The van der Waals surface area contributed by atoms with Gasteiger partial charge in [0.15, 0.2) is 0 Å². The summed E-state index contributed by atoms with van der Waals surface area (Å²) < 4.78 is 6.41. The van der Waals surface area contributed by atoms with E-state index in [-0.39, 0.29) is 12.0 Å². The van der Waals surface area contributed by atoms with Crippen LogP contribution in [0.1, 0.15) is 12.1 Å². The number of piperidine rings is 1. The minimum atomic E-state index is -0.748. The molecule has 2 aliphatic heterocycles. The van der Waals surface area contributed by atoms with Crippen molar-refractivity contribution in [3.63, 3.8) is 0 Å². The number of benzene rings is 2. The highest BCUT2D eigenvalue weighted by Gasteiger charge is 2.45. The second kappa shape index (κ2) is 10.7. The van der Waals surface area contributed by atoms with E-state index in [1.165, 1.54) is 0 Å². The van der Waals surface area contributed by atoms with Crippen molar-refractivity contribution in [1.82, 2.24) is 20.3 Å². The van der Waals surface area contributed by atoms with Crippen LogP contribution in [-0.4, -0.2) is 83.7 Å². The zero-order chi connectivity index (χ0) is 25.9. The van der Waals surface area contributed by atoms with Gasteiger partial charge >= 0.3 is 0 Å². The number of likely N-dealkylation sites (N-methyl/N-ethyl adjacent to an activating group) is 1. The number of aryl methyl sites for hydroxylation is 1. The second-order valence-electron chi connectivity index (χ2n) is 9.87. The molecule has 9 heteroatoms. The number of nitrogens with one attached hydrogen (secondary N) is 1. The van der Waals surface area contributed by atoms with E-state index in [2.05, 4.69) is 22.0 Å². The summed E-state index contributed by atoms with van der Waals surface area (Å²) in [6.07, 6.45) is -0.0243. The zero-order valence-corrected chi connectivity index (χ0v) is 21.2. The number of hydrogen-bond donors (Lipinski definition) is 2. The van der Waals surface area contributed by atoms with Gasteiger partial charge in [-0.05, 0) is 44.7 Å². The van der Waals surface area contributed by atoms with Crippen molar-refractivity contribution in [3.05, 3.63) is 66.4 Å². The van der Waals surface area contributed by atoms with Crippen molar-refractivity contribution in [3.8, 4) is 5.75 Å². The van der Waals surface area contributed by atoms with Gasteiger partial charge in [-0.15, -0.1) is 0 Å². The molecule has 3 aromatic rings. The summed E-state index contributed by atoms with van der Waals surface area (Å²) in [7, 11) is 1.84. The number of hydrogen-bond acceptors (Lipinski definition) is 7. The predicted octanol–water partition coefficient (Wildman–Crippen LogP) is 2.47. The van der Waals surface area contributed by atoms with Gasteiger partial charge in [-0.1, -0.05) is 30.3 Å². The van der Waals surface area contributed by atoms with E-state index in [1.807, 2.05) is 72.3 Å². The maximum Gasteiger partial charge on any atom is 0.248 e. The molecule has 0 spiro atoms. The molecule has 3 heterocycles. The van der Waals surface area contributed by atoms with Crippen molar-refractivity contribution < 1.29 is 19.5 Å². The zero-order valence-electron chi connectivity index (χ0n) is 21.2. The molecule has 0 saturated carbocycles. The van der Waals surface area contributed by atoms with E-state index in [1.54, 1.807) is 5.48 Å². The molecule has 37 heavy (non-hydrogen) atoms. The Morgan fingerprint density at radius 3 is 2.46 bits per heavy atom. The number of amides is 2. The highest BCUT2D eigenvalue weighted by molar-refractivity contribution is 5.90. The first kappa shape index (κ1) is 25.0. The van der Waals surface area contributed by atoms with E-state index in [0.29, 0.717) is 31.8 Å². The Balaban J connectivity index is 1.31. The van der Waals surface area contributed by atoms with Crippen molar-refractivity contribution in [1.29, 1.82) is 0 Å². The number of anilines is 1. The van der Waals surface area contributed by atoms with Crippen LogP contribution < -0.4 is 15.1 Å². The SMILES string of the molecule is Cc1cc(OC2CC(C(=O)NO)C(C(=O)N3CCN(c4ccccc4)CC3)N(C)C2)c2ccccc2n1. The normalized spacial score (nSPS) is 22.6. The Labute approximate surface area is 216 Å². The molecule has 1 aromatic heterocycles. The molecule has 2 aliphatic rings. The number of carbonyl (C=O) groups is 2. The van der Waals surface area contributed by atoms with Gasteiger partial charge in [0.25, 0.3) is 0 Å². The minimum Gasteiger partial charge on any atom is -0.488 e. The molecule has 0 aliphatic carbocycles. The van der Waals surface area contributed by atoms with Crippen LogP contribution in [0, 0.1) is 12.8 Å². The summed E-state index contributed by atoms with van der Waals surface area (Å²) in [5.41, 5.74) is 4.60. The van der Waals surface area contributed by atoms with E-state index < -0.39 is 17.9 Å². The average molecular weight is 504 g/mol. The fourth-order valence-electron chi connectivity index (χ4n) is 5.57. The maximum absolute atomic E-state index is 13.7. The van der Waals surface area contributed by atoms with E-state index in [4.69, 9.17) is 4.74 Å². The van der Waals surface area contributed by atoms with Gasteiger partial charge in [0.05, 0.1) is 11.4 Å². The minimum absolute atomic E-state index is 0.0903. The molecule has 9 nitrogen and oxygen atoms in total. The Bertz CT molecular complexity index is 1260. The molecule has 2 N–H and O–H groups in total. The lowest BCUT2D eigenvalue weighted by Crippen LogP contribution is -2.62. The smallest absolute Gasteiger partial charge is 0.248 e. The quantitative estimate of drug-likeness (QED) is 0.408. The largest absolute Gasteiger partial charge is 0.488 e. The fourth-order valence-corrected chi connectivity index (χ4v) is 5.57. The topological polar surface area (TPSA) is 98.2 Å². The van der Waals surface area contributed by atoms with Crippen LogP contribution in [-0.2, 0) is 9.59 Å². The van der Waals surface area contributed by atoms with Crippen LogP contribution in [0.2, 0.25) is 0 Å². The number of rotatable bonds is 5. The van der Waals surface area contributed by atoms with Gasteiger partial charge in [0, 0.05) is 55.6 Å². The number of piperazine rings is 1. The Morgan fingerprint density at radius 2 is 1.73 bits per heavy atom. The van der Waals surface area contributed by atoms with Crippen molar-refractivity contribution in [2.24, 2.45) is 5.92 Å². The molecule has 3 atom stereocenters. The number of para-hydroxylation sites is 2. The Kier molecular flexibility index (Phi) is 7.25. The highest BCUT2D eigenvalue weighted by atomic mass is 16.5. The van der Waals surface area contributed by atoms with Crippen molar-refractivity contribution in [2.75, 3.05) is 44.7 Å². The molecular formula is C28H33N5O4. The van der Waals surface area contributed by atoms with Gasteiger partial charge in [0.2, 0.25) is 11.8 Å². The van der Waals surface area contributed by atoms with Gasteiger partial charge in [-0.3, -0.25) is 24.7 Å². The monoisotopic (exact) mass is 503 g/mol. The van der Waals surface area contributed by atoms with Crippen LogP contribution in [0.5, 0.6) is 5.75 Å². The van der Waals surface area contributed by atoms with E-state index in [9.17, 15) is 14.8 Å². The van der Waals surface area contributed by atoms with Crippen LogP contribution in [0.25, 0.3) is 10.9 Å². The summed E-state index contributed by atoms with van der Waals surface area (Å²) in [6, 6.07) is 19.1. The number of likely N-dealkylation sites (tertiary alicyclic amines) is 1. The molecule has 0 bridgehead atoms. The lowest BCUT2D eigenvalue weighted by molar-refractivity contribution is -0.151. The molecule has 5 rings (SSSR count). The van der Waals surface area contributed by atoms with Crippen molar-refractivity contribution in [2.45, 2.75) is 25.5 Å². The summed E-state index contributed by atoms with van der Waals surface area (Å²) in [5.74, 6) is -0.710. The highest BCUT2D eigenvalue weighted by Crippen LogP contribution is 2.31. The first-order chi connectivity index (χ1) is 17.9. The van der Waals surface area contributed by atoms with Crippen LogP contribution >= 0.6 is 0 Å². The summed E-state index contributed by atoms with van der Waals surface area (Å²) >= 11 is 0. The van der Waals surface area contributed by atoms with Gasteiger partial charge < -0.3 is 14.5 Å². The molecule has 2 amide bonds. The summed E-state index contributed by atoms with van der Waals surface area (Å²) in [5, 5.41) is 10.4. The molecule has 3 unspecified atom stereocenters. The van der Waals surface area contributed by atoms with Crippen molar-refractivity contribution >= 4 is 28.4 Å². The van der Waals surface area contributed by atoms with E-state index >= 15 is 0 Å². The third kappa shape index (κ3) is 5.23. The lowest BCUT2D eigenvalue weighted by atomic mass is 9.86. The second-order valence-corrected chi connectivity index (χ2v) is 9.87. The number of hydroxylamine groups is 1. The van der Waals surface area contributed by atoms with Crippen LogP contribution in [0.3, 0.4) is 0 Å². The van der Waals surface area contributed by atoms with Crippen LogP contribution in [0.15, 0.2) is 60.7 Å². The van der Waals surface area contributed by atoms with Crippen LogP contribution in [0.4, 0.5) is 5.69 Å². The number of fused-ring (bicyclic) bond motifs is 1. The summed E-state index contributed by atoms with van der Waals surface area (Å²) in [4.78, 5) is 37.0. The molecule has 2 saturated heterocycles. The lowest BCUT2D eigenvalue weighted by Gasteiger charge is -2.44. The first-order valence-corrected chi connectivity index (χ1v) is 12.7. The fraction of sp³-hybridized carbons (Fsp3) is 0.393. The molecule has 2 fully saturated rings. The van der Waals surface area contributed by atoms with Gasteiger partial charge in [0.1, 0.15) is 17.9 Å². The van der Waals surface area contributed by atoms with Gasteiger partial charge in [-0.2, -0.15) is 0 Å².